The summed E-state index contributed by atoms with van der Waals surface area (Å²) >= 11 is 0. The third kappa shape index (κ3) is 2.24. The van der Waals surface area contributed by atoms with Crippen molar-refractivity contribution in [1.82, 2.24) is 9.97 Å². The van der Waals surface area contributed by atoms with E-state index in [1.807, 2.05) is 6.92 Å². The van der Waals surface area contributed by atoms with Gasteiger partial charge in [0.1, 0.15) is 0 Å². The van der Waals surface area contributed by atoms with E-state index in [4.69, 9.17) is 5.11 Å². The standard InChI is InChI=1S/C12H19N3O2Si/c1-4-9-10(8-13-11(14-9)12(16)17)15-6-5-7-18(15,2)3/h8H,4-7H2,1-3H3,(H,16,17). The maximum Gasteiger partial charge on any atom is 0.373 e. The Labute approximate surface area is 108 Å². The highest BCUT2D eigenvalue weighted by atomic mass is 28.3. The molecule has 0 radical (unpaired) electrons. The quantitative estimate of drug-likeness (QED) is 0.848. The Morgan fingerprint density at radius 2 is 2.28 bits per heavy atom. The molecule has 0 saturated carbocycles. The second kappa shape index (κ2) is 4.68. The molecule has 1 aromatic heterocycles. The summed E-state index contributed by atoms with van der Waals surface area (Å²) in [7, 11) is -1.40. The predicted octanol–water partition coefficient (Wildman–Crippen LogP) is 2.15. The first kappa shape index (κ1) is 13.0. The van der Waals surface area contributed by atoms with Crippen molar-refractivity contribution in [1.29, 1.82) is 0 Å². The fraction of sp³-hybridized carbons (Fsp3) is 0.583. The molecule has 5 nitrogen and oxygen atoms in total. The van der Waals surface area contributed by atoms with Gasteiger partial charge in [-0.1, -0.05) is 20.0 Å². The number of carboxylic acid groups (broad SMARTS) is 1. The molecule has 1 fully saturated rings. The second-order valence-corrected chi connectivity index (χ2v) is 9.92. The topological polar surface area (TPSA) is 66.3 Å². The Hall–Kier alpha value is -1.43. The number of hydrogen-bond acceptors (Lipinski definition) is 4. The van der Waals surface area contributed by atoms with Gasteiger partial charge in [0.25, 0.3) is 0 Å². The molecule has 1 N–H and O–H groups in total. The van der Waals surface area contributed by atoms with Gasteiger partial charge in [-0.05, 0) is 18.9 Å². The molecule has 0 bridgehead atoms. The van der Waals surface area contributed by atoms with E-state index >= 15 is 0 Å². The van der Waals surface area contributed by atoms with Gasteiger partial charge in [0.05, 0.1) is 17.6 Å². The first-order valence-electron chi connectivity index (χ1n) is 6.32. The molecule has 0 spiro atoms. The van der Waals surface area contributed by atoms with Gasteiger partial charge in [-0.3, -0.25) is 0 Å². The average molecular weight is 265 g/mol. The van der Waals surface area contributed by atoms with Crippen LogP contribution in [0.3, 0.4) is 0 Å². The van der Waals surface area contributed by atoms with Gasteiger partial charge < -0.3 is 9.67 Å². The van der Waals surface area contributed by atoms with Crippen molar-refractivity contribution in [2.75, 3.05) is 11.1 Å². The molecule has 6 heteroatoms. The van der Waals surface area contributed by atoms with Crippen LogP contribution in [0.1, 0.15) is 29.7 Å². The van der Waals surface area contributed by atoms with Crippen LogP contribution in [-0.2, 0) is 6.42 Å². The minimum absolute atomic E-state index is 0.103. The first-order valence-corrected chi connectivity index (χ1v) is 9.48. The Balaban J connectivity index is 2.42. The smallest absolute Gasteiger partial charge is 0.373 e. The molecule has 0 aliphatic carbocycles. The van der Waals surface area contributed by atoms with E-state index in [9.17, 15) is 4.79 Å². The van der Waals surface area contributed by atoms with Crippen LogP contribution < -0.4 is 4.57 Å². The Morgan fingerprint density at radius 1 is 1.56 bits per heavy atom. The summed E-state index contributed by atoms with van der Waals surface area (Å²) in [5.41, 5.74) is 1.89. The molecule has 0 aromatic carbocycles. The van der Waals surface area contributed by atoms with Gasteiger partial charge in [-0.15, -0.1) is 0 Å². The summed E-state index contributed by atoms with van der Waals surface area (Å²) in [4.78, 5) is 19.0. The lowest BCUT2D eigenvalue weighted by molar-refractivity contribution is 0.0683. The summed E-state index contributed by atoms with van der Waals surface area (Å²) in [6.45, 7) is 7.72. The van der Waals surface area contributed by atoms with E-state index in [1.165, 1.54) is 12.5 Å². The lowest BCUT2D eigenvalue weighted by Gasteiger charge is -2.32. The number of anilines is 1. The molecule has 2 rings (SSSR count). The summed E-state index contributed by atoms with van der Waals surface area (Å²) in [5, 5.41) is 8.93. The number of aryl methyl sites for hydroxylation is 1. The van der Waals surface area contributed by atoms with Gasteiger partial charge in [0, 0.05) is 6.54 Å². The van der Waals surface area contributed by atoms with Crippen molar-refractivity contribution in [3.8, 4) is 0 Å². The number of carboxylic acids is 1. The third-order valence-corrected chi connectivity index (χ3v) is 7.07. The average Bonchev–Trinajstić information content (AvgIpc) is 2.67. The molecular formula is C12H19N3O2Si. The maximum absolute atomic E-state index is 10.9. The molecule has 0 atom stereocenters. The monoisotopic (exact) mass is 265 g/mol. The van der Waals surface area contributed by atoms with Crippen LogP contribution in [0.2, 0.25) is 19.1 Å². The largest absolute Gasteiger partial charge is 0.475 e. The molecule has 0 amide bonds. The number of aromatic carboxylic acids is 1. The molecule has 2 heterocycles. The van der Waals surface area contributed by atoms with Crippen LogP contribution in [0.4, 0.5) is 5.69 Å². The van der Waals surface area contributed by atoms with Crippen molar-refractivity contribution >= 4 is 19.9 Å². The molecule has 98 valence electrons. The molecule has 1 aliphatic rings. The van der Waals surface area contributed by atoms with Gasteiger partial charge in [-0.2, -0.15) is 0 Å². The summed E-state index contributed by atoms with van der Waals surface area (Å²) in [6, 6.07) is 1.27. The van der Waals surface area contributed by atoms with Crippen LogP contribution in [-0.4, -0.2) is 35.8 Å². The van der Waals surface area contributed by atoms with Crippen LogP contribution in [0.5, 0.6) is 0 Å². The highest BCUT2D eigenvalue weighted by molar-refractivity contribution is 6.81. The zero-order chi connectivity index (χ0) is 13.3. The number of nitrogens with zero attached hydrogens (tertiary/aromatic N) is 3. The van der Waals surface area contributed by atoms with Crippen molar-refractivity contribution in [3.63, 3.8) is 0 Å². The second-order valence-electron chi connectivity index (χ2n) is 5.25. The molecule has 0 unspecified atom stereocenters. The molecular weight excluding hydrogens is 246 g/mol. The fourth-order valence-corrected chi connectivity index (χ4v) is 5.45. The van der Waals surface area contributed by atoms with Gasteiger partial charge in [0.2, 0.25) is 5.82 Å². The van der Waals surface area contributed by atoms with Crippen LogP contribution >= 0.6 is 0 Å². The lowest BCUT2D eigenvalue weighted by atomic mass is 10.2. The minimum atomic E-state index is -1.40. The van der Waals surface area contributed by atoms with Crippen LogP contribution in [0.25, 0.3) is 0 Å². The first-order chi connectivity index (χ1) is 8.45. The van der Waals surface area contributed by atoms with Gasteiger partial charge >= 0.3 is 5.97 Å². The molecule has 1 aromatic rings. The van der Waals surface area contributed by atoms with Crippen molar-refractivity contribution in [2.45, 2.75) is 38.9 Å². The van der Waals surface area contributed by atoms with Gasteiger partial charge in [0.15, 0.2) is 8.24 Å². The third-order valence-electron chi connectivity index (χ3n) is 3.56. The van der Waals surface area contributed by atoms with Crippen molar-refractivity contribution < 1.29 is 9.90 Å². The number of rotatable bonds is 3. The van der Waals surface area contributed by atoms with E-state index in [1.54, 1.807) is 6.20 Å². The Morgan fingerprint density at radius 3 is 2.78 bits per heavy atom. The highest BCUT2D eigenvalue weighted by Crippen LogP contribution is 2.32. The SMILES string of the molecule is CCc1nc(C(=O)O)ncc1N1CCC[Si]1(C)C. The molecule has 1 aliphatic heterocycles. The molecule has 18 heavy (non-hydrogen) atoms. The number of carbonyl (C=O) groups is 1. The zero-order valence-corrected chi connectivity index (χ0v) is 12.1. The summed E-state index contributed by atoms with van der Waals surface area (Å²) < 4.78 is 2.43. The summed E-state index contributed by atoms with van der Waals surface area (Å²) in [6.07, 6.45) is 3.64. The zero-order valence-electron chi connectivity index (χ0n) is 11.1. The van der Waals surface area contributed by atoms with Crippen LogP contribution in [0.15, 0.2) is 6.20 Å². The minimum Gasteiger partial charge on any atom is -0.475 e. The fourth-order valence-electron chi connectivity index (χ4n) is 2.55. The Bertz CT molecular complexity index is 476. The van der Waals surface area contributed by atoms with E-state index in [2.05, 4.69) is 27.6 Å². The van der Waals surface area contributed by atoms with E-state index in [0.29, 0.717) is 0 Å². The number of hydrogen-bond donors (Lipinski definition) is 1. The van der Waals surface area contributed by atoms with Crippen molar-refractivity contribution in [2.24, 2.45) is 0 Å². The van der Waals surface area contributed by atoms with E-state index in [-0.39, 0.29) is 5.82 Å². The van der Waals surface area contributed by atoms with Gasteiger partial charge in [-0.25, -0.2) is 14.8 Å². The Kier molecular flexibility index (Phi) is 3.38. The number of aromatic nitrogens is 2. The van der Waals surface area contributed by atoms with Crippen molar-refractivity contribution in [3.05, 3.63) is 17.7 Å². The summed E-state index contributed by atoms with van der Waals surface area (Å²) in [5.74, 6) is -1.16. The predicted molar refractivity (Wildman–Crippen MR) is 72.6 cm³/mol. The van der Waals surface area contributed by atoms with E-state index in [0.717, 1.165) is 24.3 Å². The van der Waals surface area contributed by atoms with E-state index < -0.39 is 14.2 Å². The molecule has 1 saturated heterocycles. The maximum atomic E-state index is 10.9. The normalized spacial score (nSPS) is 18.1. The highest BCUT2D eigenvalue weighted by Gasteiger charge is 2.36. The van der Waals surface area contributed by atoms with Crippen LogP contribution in [0, 0.1) is 0 Å². The lowest BCUT2D eigenvalue weighted by Crippen LogP contribution is -2.44.